The van der Waals surface area contributed by atoms with Gasteiger partial charge in [0.1, 0.15) is 5.82 Å². The number of hydrogen-bond acceptors (Lipinski definition) is 4. The molecule has 0 saturated carbocycles. The molecule has 0 unspecified atom stereocenters. The molecule has 0 bridgehead atoms. The van der Waals surface area contributed by atoms with Crippen LogP contribution in [-0.4, -0.2) is 37.6 Å². The second-order valence-electron chi connectivity index (χ2n) is 5.35. The third kappa shape index (κ3) is 5.04. The van der Waals surface area contributed by atoms with E-state index in [2.05, 4.69) is 5.32 Å². The first-order valence-corrected chi connectivity index (χ1v) is 7.72. The summed E-state index contributed by atoms with van der Waals surface area (Å²) in [4.78, 5) is 11.9. The summed E-state index contributed by atoms with van der Waals surface area (Å²) in [7, 11) is 1.53. The van der Waals surface area contributed by atoms with Gasteiger partial charge in [-0.15, -0.1) is 0 Å². The highest BCUT2D eigenvalue weighted by molar-refractivity contribution is 5.91. The number of ether oxygens (including phenoxy) is 2. The predicted molar refractivity (Wildman–Crippen MR) is 83.1 cm³/mol. The highest BCUT2D eigenvalue weighted by atomic mass is 19.1. The summed E-state index contributed by atoms with van der Waals surface area (Å²) in [5.74, 6) is -0.492. The molecule has 0 saturated heterocycles. The summed E-state index contributed by atoms with van der Waals surface area (Å²) in [6, 6.07) is 6.20. The fourth-order valence-corrected chi connectivity index (χ4v) is 2.41. The van der Waals surface area contributed by atoms with Crippen molar-refractivity contribution in [1.82, 2.24) is 5.32 Å². The zero-order valence-corrected chi connectivity index (χ0v) is 13.1. The summed E-state index contributed by atoms with van der Waals surface area (Å²) in [5.41, 5.74) is 0.903. The molecular weight excluding hydrogens is 301 g/mol. The van der Waals surface area contributed by atoms with Crippen LogP contribution in [0.5, 0.6) is 0 Å². The largest absolute Gasteiger partial charge is 0.459 e. The van der Waals surface area contributed by atoms with Crippen LogP contribution >= 0.6 is 0 Å². The molecule has 23 heavy (non-hydrogen) atoms. The fourth-order valence-electron chi connectivity index (χ4n) is 2.41. The summed E-state index contributed by atoms with van der Waals surface area (Å²) in [5, 5.41) is 11.3. The topological polar surface area (TPSA) is 67.8 Å². The zero-order chi connectivity index (χ0) is 16.7. The number of nitrogens with one attached hydrogen (secondary N) is 1. The first-order valence-electron chi connectivity index (χ1n) is 7.72. The third-order valence-corrected chi connectivity index (χ3v) is 3.66. The van der Waals surface area contributed by atoms with Crippen molar-refractivity contribution in [3.63, 3.8) is 0 Å². The monoisotopic (exact) mass is 323 g/mol. The van der Waals surface area contributed by atoms with Crippen molar-refractivity contribution in [1.29, 1.82) is 0 Å². The van der Waals surface area contributed by atoms with E-state index in [9.17, 15) is 9.18 Å². The number of aliphatic hydroxyl groups excluding tert-OH is 1. The quantitative estimate of drug-likeness (QED) is 0.754. The van der Waals surface area contributed by atoms with Crippen LogP contribution in [0.2, 0.25) is 0 Å². The maximum Gasteiger partial charge on any atom is 0.285 e. The zero-order valence-electron chi connectivity index (χ0n) is 13.1. The molecule has 0 radical (unpaired) electrons. The lowest BCUT2D eigenvalue weighted by molar-refractivity contribution is -0.146. The van der Waals surface area contributed by atoms with E-state index >= 15 is 0 Å². The van der Waals surface area contributed by atoms with Crippen LogP contribution in [0.3, 0.4) is 0 Å². The fraction of sp³-hybridized carbons (Fsp3) is 0.471. The van der Waals surface area contributed by atoms with Gasteiger partial charge in [0.2, 0.25) is 6.29 Å². The first-order chi connectivity index (χ1) is 11.1. The average molecular weight is 323 g/mol. The highest BCUT2D eigenvalue weighted by Crippen LogP contribution is 2.31. The van der Waals surface area contributed by atoms with E-state index in [1.54, 1.807) is 18.2 Å². The van der Waals surface area contributed by atoms with Crippen LogP contribution in [0, 0.1) is 5.82 Å². The number of amides is 1. The third-order valence-electron chi connectivity index (χ3n) is 3.66. The van der Waals surface area contributed by atoms with Crippen LogP contribution in [-0.2, 0) is 14.3 Å². The minimum atomic E-state index is -0.541. The molecule has 2 rings (SSSR count). The van der Waals surface area contributed by atoms with Crippen LogP contribution in [0.4, 0.5) is 4.39 Å². The number of allylic oxidation sites excluding steroid dienone is 1. The Kier molecular flexibility index (Phi) is 6.55. The van der Waals surface area contributed by atoms with E-state index in [4.69, 9.17) is 14.6 Å². The van der Waals surface area contributed by atoms with Gasteiger partial charge in [0, 0.05) is 26.0 Å². The number of benzene rings is 1. The molecule has 1 aliphatic rings. The number of likely N-dealkylation sites (N-methyl/N-ethyl adjacent to an activating group) is 1. The number of carbonyl (C=O) groups is 1. The Balaban J connectivity index is 2.09. The second kappa shape index (κ2) is 8.64. The van der Waals surface area contributed by atoms with Crippen molar-refractivity contribution >= 4 is 5.91 Å². The Bertz CT molecular complexity index is 544. The summed E-state index contributed by atoms with van der Waals surface area (Å²) in [6.07, 6.45) is 3.12. The molecule has 0 aromatic heterocycles. The van der Waals surface area contributed by atoms with Gasteiger partial charge in [0.05, 0.1) is 6.61 Å². The van der Waals surface area contributed by atoms with Crippen LogP contribution in [0.25, 0.3) is 0 Å². The van der Waals surface area contributed by atoms with Crippen molar-refractivity contribution in [2.75, 3.05) is 20.3 Å². The molecule has 5 nitrogen and oxygen atoms in total. The molecule has 0 aliphatic carbocycles. The molecule has 6 heteroatoms. The standard InChI is InChI=1S/C17H22FNO4/c1-19-17(21)15-10-13(12-4-6-14(18)7-5-12)11-16(23-15)22-9-3-2-8-20/h4-7,10,13,16,20H,2-3,8-9,11H2,1H3,(H,19,21)/t13-,16+/m0/s1. The minimum absolute atomic E-state index is 0.0838. The molecule has 126 valence electrons. The van der Waals surface area contributed by atoms with Crippen LogP contribution < -0.4 is 5.32 Å². The molecule has 1 aliphatic heterocycles. The Morgan fingerprint density at radius 3 is 2.78 bits per heavy atom. The highest BCUT2D eigenvalue weighted by Gasteiger charge is 2.28. The molecule has 1 aromatic carbocycles. The van der Waals surface area contributed by atoms with Crippen molar-refractivity contribution in [2.24, 2.45) is 0 Å². The van der Waals surface area contributed by atoms with Gasteiger partial charge in [-0.1, -0.05) is 12.1 Å². The lowest BCUT2D eigenvalue weighted by Crippen LogP contribution is -2.31. The van der Waals surface area contributed by atoms with Crippen LogP contribution in [0.15, 0.2) is 36.1 Å². The Morgan fingerprint density at radius 2 is 2.13 bits per heavy atom. The molecule has 1 amide bonds. The summed E-state index contributed by atoms with van der Waals surface area (Å²) < 4.78 is 24.3. The molecule has 0 spiro atoms. The molecule has 1 aromatic rings. The number of unbranched alkanes of at least 4 members (excludes halogenated alkanes) is 1. The van der Waals surface area contributed by atoms with Gasteiger partial charge < -0.3 is 19.9 Å². The SMILES string of the molecule is CNC(=O)C1=C[C@H](c2ccc(F)cc2)C[C@H](OCCCCO)O1. The van der Waals surface area contributed by atoms with Crippen LogP contribution in [0.1, 0.15) is 30.7 Å². The maximum atomic E-state index is 13.1. The van der Waals surface area contributed by atoms with Crippen molar-refractivity contribution in [3.05, 3.63) is 47.5 Å². The number of rotatable bonds is 7. The Morgan fingerprint density at radius 1 is 1.39 bits per heavy atom. The maximum absolute atomic E-state index is 13.1. The smallest absolute Gasteiger partial charge is 0.285 e. The van der Waals surface area contributed by atoms with Gasteiger partial charge in [0.25, 0.3) is 5.91 Å². The van der Waals surface area contributed by atoms with Crippen molar-refractivity contribution in [2.45, 2.75) is 31.5 Å². The molecule has 2 N–H and O–H groups in total. The summed E-state index contributed by atoms with van der Waals surface area (Å²) >= 11 is 0. The Labute approximate surface area is 135 Å². The van der Waals surface area contributed by atoms with E-state index in [0.29, 0.717) is 19.4 Å². The molecule has 0 fully saturated rings. The molecule has 2 atom stereocenters. The normalized spacial score (nSPS) is 20.6. The lowest BCUT2D eigenvalue weighted by Gasteiger charge is -2.29. The van der Waals surface area contributed by atoms with E-state index in [0.717, 1.165) is 12.0 Å². The van der Waals surface area contributed by atoms with E-state index in [1.165, 1.54) is 19.2 Å². The minimum Gasteiger partial charge on any atom is -0.459 e. The number of hydrogen-bond donors (Lipinski definition) is 2. The number of aliphatic hydroxyl groups is 1. The molecule has 1 heterocycles. The van der Waals surface area contributed by atoms with Gasteiger partial charge in [-0.05, 0) is 36.6 Å². The predicted octanol–water partition coefficient (Wildman–Crippen LogP) is 2.07. The van der Waals surface area contributed by atoms with Gasteiger partial charge >= 0.3 is 0 Å². The van der Waals surface area contributed by atoms with Crippen molar-refractivity contribution in [3.8, 4) is 0 Å². The average Bonchev–Trinajstić information content (AvgIpc) is 2.58. The van der Waals surface area contributed by atoms with E-state index in [-0.39, 0.29) is 30.0 Å². The van der Waals surface area contributed by atoms with Gasteiger partial charge in [-0.25, -0.2) is 4.39 Å². The van der Waals surface area contributed by atoms with E-state index in [1.807, 2.05) is 0 Å². The second-order valence-corrected chi connectivity index (χ2v) is 5.35. The molecular formula is C17H22FNO4. The number of halogens is 1. The Hall–Kier alpha value is -1.92. The lowest BCUT2D eigenvalue weighted by atomic mass is 9.93. The van der Waals surface area contributed by atoms with Crippen molar-refractivity contribution < 1.29 is 23.8 Å². The van der Waals surface area contributed by atoms with Gasteiger partial charge in [-0.2, -0.15) is 0 Å². The number of carbonyl (C=O) groups excluding carboxylic acids is 1. The van der Waals surface area contributed by atoms with Gasteiger partial charge in [0.15, 0.2) is 5.76 Å². The van der Waals surface area contributed by atoms with E-state index < -0.39 is 6.29 Å². The first kappa shape index (κ1) is 17.4. The summed E-state index contributed by atoms with van der Waals surface area (Å²) in [6.45, 7) is 0.568. The van der Waals surface area contributed by atoms with Gasteiger partial charge in [-0.3, -0.25) is 4.79 Å².